The molecule has 0 fully saturated rings. The van der Waals surface area contributed by atoms with Crippen LogP contribution in [0.25, 0.3) is 10.9 Å². The molecule has 0 amide bonds. The number of pyridine rings is 1. The van der Waals surface area contributed by atoms with E-state index < -0.39 is 0 Å². The summed E-state index contributed by atoms with van der Waals surface area (Å²) in [4.78, 5) is 4.62. The van der Waals surface area contributed by atoms with Gasteiger partial charge in [-0.1, -0.05) is 13.0 Å². The van der Waals surface area contributed by atoms with Crippen LogP contribution in [0.2, 0.25) is 0 Å². The number of nitrogens with one attached hydrogen (secondary N) is 1. The minimum atomic E-state index is 1.06. The van der Waals surface area contributed by atoms with Crippen molar-refractivity contribution in [1.29, 1.82) is 0 Å². The molecule has 1 N–H and O–H groups in total. The molecule has 2 aromatic rings. The van der Waals surface area contributed by atoms with Gasteiger partial charge in [0, 0.05) is 23.8 Å². The first kappa shape index (κ1) is 10.9. The number of nitrogens with zero attached hydrogens (tertiary/aromatic N) is 1. The zero-order valence-electron chi connectivity index (χ0n) is 10.4. The van der Waals surface area contributed by atoms with E-state index in [1.807, 2.05) is 7.05 Å². The van der Waals surface area contributed by atoms with Crippen molar-refractivity contribution in [2.24, 2.45) is 0 Å². The maximum atomic E-state index is 4.62. The molecule has 0 atom stereocenters. The van der Waals surface area contributed by atoms with Crippen molar-refractivity contribution in [2.75, 3.05) is 12.4 Å². The molecule has 2 nitrogen and oxygen atoms in total. The molecule has 84 valence electrons. The van der Waals surface area contributed by atoms with Crippen LogP contribution < -0.4 is 5.32 Å². The molecule has 0 spiro atoms. The highest BCUT2D eigenvalue weighted by Gasteiger charge is 2.08. The lowest BCUT2D eigenvalue weighted by molar-refractivity contribution is 1.14. The second kappa shape index (κ2) is 4.12. The third kappa shape index (κ3) is 1.64. The molecule has 1 aromatic carbocycles. The molecule has 0 saturated carbocycles. The van der Waals surface area contributed by atoms with Crippen LogP contribution in [-0.2, 0) is 6.42 Å². The Morgan fingerprint density at radius 2 is 2.00 bits per heavy atom. The zero-order valence-corrected chi connectivity index (χ0v) is 10.4. The minimum absolute atomic E-state index is 1.06. The number of aryl methyl sites for hydroxylation is 2. The normalized spacial score (nSPS) is 10.8. The first-order valence-corrected chi connectivity index (χ1v) is 5.75. The highest BCUT2D eigenvalue weighted by Crippen LogP contribution is 2.28. The topological polar surface area (TPSA) is 24.9 Å². The van der Waals surface area contributed by atoms with Gasteiger partial charge in [0.25, 0.3) is 0 Å². The number of aromatic nitrogens is 1. The quantitative estimate of drug-likeness (QED) is 0.828. The molecule has 0 unspecified atom stereocenters. The molecular formula is C14H18N2. The Morgan fingerprint density at radius 1 is 1.25 bits per heavy atom. The van der Waals surface area contributed by atoms with Crippen molar-refractivity contribution < 1.29 is 0 Å². The average Bonchev–Trinajstić information content (AvgIpc) is 2.30. The molecule has 0 radical (unpaired) electrons. The van der Waals surface area contributed by atoms with Crippen molar-refractivity contribution in [3.05, 3.63) is 35.0 Å². The number of hydrogen-bond acceptors (Lipinski definition) is 2. The Balaban J connectivity index is 2.81. The van der Waals surface area contributed by atoms with E-state index in [0.717, 1.165) is 17.6 Å². The van der Waals surface area contributed by atoms with Crippen LogP contribution in [0.5, 0.6) is 0 Å². The van der Waals surface area contributed by atoms with Crippen molar-refractivity contribution in [2.45, 2.75) is 27.2 Å². The maximum Gasteiger partial charge on any atom is 0.0726 e. The van der Waals surface area contributed by atoms with Gasteiger partial charge in [-0.3, -0.25) is 4.98 Å². The van der Waals surface area contributed by atoms with Crippen LogP contribution in [0.4, 0.5) is 5.69 Å². The summed E-state index contributed by atoms with van der Waals surface area (Å²) in [6.07, 6.45) is 1.06. The Morgan fingerprint density at radius 3 is 2.62 bits per heavy atom. The van der Waals surface area contributed by atoms with Crippen LogP contribution in [0.1, 0.15) is 23.7 Å². The second-order valence-electron chi connectivity index (χ2n) is 4.15. The molecule has 2 rings (SSSR count). The van der Waals surface area contributed by atoms with E-state index in [2.05, 4.69) is 49.3 Å². The fourth-order valence-electron chi connectivity index (χ4n) is 2.07. The van der Waals surface area contributed by atoms with Gasteiger partial charge in [-0.25, -0.2) is 0 Å². The highest BCUT2D eigenvalue weighted by atomic mass is 14.8. The number of anilines is 1. The summed E-state index contributed by atoms with van der Waals surface area (Å²) in [5, 5.41) is 4.52. The van der Waals surface area contributed by atoms with Gasteiger partial charge < -0.3 is 5.32 Å². The van der Waals surface area contributed by atoms with Gasteiger partial charge in [0.15, 0.2) is 0 Å². The summed E-state index contributed by atoms with van der Waals surface area (Å²) >= 11 is 0. The largest absolute Gasteiger partial charge is 0.387 e. The molecule has 0 aliphatic heterocycles. The minimum Gasteiger partial charge on any atom is -0.387 e. The molecule has 1 heterocycles. The van der Waals surface area contributed by atoms with Gasteiger partial charge in [0.05, 0.1) is 5.52 Å². The van der Waals surface area contributed by atoms with Gasteiger partial charge in [-0.15, -0.1) is 0 Å². The lowest BCUT2D eigenvalue weighted by Crippen LogP contribution is -1.99. The molecule has 0 aliphatic carbocycles. The number of rotatable bonds is 2. The van der Waals surface area contributed by atoms with Crippen molar-refractivity contribution in [3.63, 3.8) is 0 Å². The summed E-state index contributed by atoms with van der Waals surface area (Å²) in [6.45, 7) is 6.35. The standard InChI is InChI=1S/C14H18N2/c1-5-11-6-7-13-12(8-11)14(15-4)9(2)10(3)16-13/h6-8H,5H2,1-4H3,(H,15,16). The SMILES string of the molecule is CCc1ccc2nc(C)c(C)c(NC)c2c1. The van der Waals surface area contributed by atoms with Crippen molar-refractivity contribution in [3.8, 4) is 0 Å². The van der Waals surface area contributed by atoms with E-state index in [-0.39, 0.29) is 0 Å². The van der Waals surface area contributed by atoms with Crippen LogP contribution in [0.3, 0.4) is 0 Å². The summed E-state index contributed by atoms with van der Waals surface area (Å²) < 4.78 is 0. The Hall–Kier alpha value is -1.57. The summed E-state index contributed by atoms with van der Waals surface area (Å²) in [5.74, 6) is 0. The summed E-state index contributed by atoms with van der Waals surface area (Å²) in [7, 11) is 1.97. The number of hydrogen-bond donors (Lipinski definition) is 1. The lowest BCUT2D eigenvalue weighted by Gasteiger charge is -2.12. The Bertz CT molecular complexity index is 530. The van der Waals surface area contributed by atoms with Crippen LogP contribution in [0.15, 0.2) is 18.2 Å². The molecular weight excluding hydrogens is 196 g/mol. The molecule has 0 aliphatic rings. The van der Waals surface area contributed by atoms with E-state index in [4.69, 9.17) is 0 Å². The van der Waals surface area contributed by atoms with Gasteiger partial charge in [-0.05, 0) is 43.5 Å². The van der Waals surface area contributed by atoms with E-state index >= 15 is 0 Å². The zero-order chi connectivity index (χ0) is 11.7. The Labute approximate surface area is 96.7 Å². The van der Waals surface area contributed by atoms with Crippen molar-refractivity contribution >= 4 is 16.6 Å². The predicted molar refractivity (Wildman–Crippen MR) is 70.1 cm³/mol. The first-order valence-electron chi connectivity index (χ1n) is 5.75. The molecule has 16 heavy (non-hydrogen) atoms. The summed E-state index contributed by atoms with van der Waals surface area (Å²) in [5.41, 5.74) is 5.97. The molecule has 0 bridgehead atoms. The first-order chi connectivity index (χ1) is 7.67. The fourth-order valence-corrected chi connectivity index (χ4v) is 2.07. The van der Waals surface area contributed by atoms with Crippen molar-refractivity contribution in [1.82, 2.24) is 4.98 Å². The van der Waals surface area contributed by atoms with Gasteiger partial charge in [0.2, 0.25) is 0 Å². The third-order valence-corrected chi connectivity index (χ3v) is 3.19. The Kier molecular flexibility index (Phi) is 2.82. The van der Waals surface area contributed by atoms with E-state index in [0.29, 0.717) is 0 Å². The molecule has 0 saturated heterocycles. The van der Waals surface area contributed by atoms with E-state index in [1.165, 1.54) is 22.2 Å². The van der Waals surface area contributed by atoms with Crippen LogP contribution in [-0.4, -0.2) is 12.0 Å². The number of benzene rings is 1. The average molecular weight is 214 g/mol. The third-order valence-electron chi connectivity index (χ3n) is 3.19. The molecule has 2 heteroatoms. The van der Waals surface area contributed by atoms with Gasteiger partial charge in [0.1, 0.15) is 0 Å². The maximum absolute atomic E-state index is 4.62. The highest BCUT2D eigenvalue weighted by molar-refractivity contribution is 5.93. The lowest BCUT2D eigenvalue weighted by atomic mass is 10.0. The fraction of sp³-hybridized carbons (Fsp3) is 0.357. The smallest absolute Gasteiger partial charge is 0.0726 e. The van der Waals surface area contributed by atoms with Crippen LogP contribution >= 0.6 is 0 Å². The van der Waals surface area contributed by atoms with E-state index in [1.54, 1.807) is 0 Å². The molecule has 1 aromatic heterocycles. The van der Waals surface area contributed by atoms with Gasteiger partial charge >= 0.3 is 0 Å². The van der Waals surface area contributed by atoms with Gasteiger partial charge in [-0.2, -0.15) is 0 Å². The summed E-state index contributed by atoms with van der Waals surface area (Å²) in [6, 6.07) is 6.51. The predicted octanol–water partition coefficient (Wildman–Crippen LogP) is 3.46. The monoisotopic (exact) mass is 214 g/mol. The second-order valence-corrected chi connectivity index (χ2v) is 4.15. The van der Waals surface area contributed by atoms with E-state index in [9.17, 15) is 0 Å². The number of fused-ring (bicyclic) bond motifs is 1. The van der Waals surface area contributed by atoms with Crippen LogP contribution in [0, 0.1) is 13.8 Å².